The Morgan fingerprint density at radius 1 is 1.35 bits per heavy atom. The second kappa shape index (κ2) is 6.60. The molecule has 2 aromatic rings. The molecular weight excluding hydrogens is 296 g/mol. The van der Waals surface area contributed by atoms with Gasteiger partial charge >= 0.3 is 0 Å². The molecule has 7 nitrogen and oxygen atoms in total. The van der Waals surface area contributed by atoms with E-state index in [-0.39, 0.29) is 5.91 Å². The van der Waals surface area contributed by atoms with E-state index in [1.165, 1.54) is 6.39 Å². The Morgan fingerprint density at radius 3 is 2.74 bits per heavy atom. The fourth-order valence-corrected chi connectivity index (χ4v) is 2.25. The monoisotopic (exact) mass is 314 g/mol. The van der Waals surface area contributed by atoms with E-state index in [1.54, 1.807) is 0 Å². The second-order valence-corrected chi connectivity index (χ2v) is 5.71. The molecule has 0 bridgehead atoms. The Labute approximate surface area is 133 Å². The number of carbonyl (C=O) groups is 1. The van der Waals surface area contributed by atoms with Crippen molar-refractivity contribution in [3.05, 3.63) is 36.2 Å². The van der Waals surface area contributed by atoms with Crippen molar-refractivity contribution in [3.8, 4) is 11.4 Å². The minimum absolute atomic E-state index is 0.147. The predicted octanol–water partition coefficient (Wildman–Crippen LogP) is 2.15. The topological polar surface area (TPSA) is 89.6 Å². The quantitative estimate of drug-likeness (QED) is 0.913. The van der Waals surface area contributed by atoms with Gasteiger partial charge in [0, 0.05) is 18.5 Å². The molecule has 0 radical (unpaired) electrons. The Morgan fingerprint density at radius 2 is 2.13 bits per heavy atom. The summed E-state index contributed by atoms with van der Waals surface area (Å²) in [5.41, 5.74) is 2.77. The van der Waals surface area contributed by atoms with Crippen LogP contribution in [0.3, 0.4) is 0 Å². The number of oxime groups is 1. The maximum absolute atomic E-state index is 12.1. The Bertz CT molecular complexity index is 693. The highest BCUT2D eigenvalue weighted by molar-refractivity contribution is 5.93. The third-order valence-corrected chi connectivity index (χ3v) is 3.69. The maximum Gasteiger partial charge on any atom is 0.264 e. The minimum atomic E-state index is -0.522. The van der Waals surface area contributed by atoms with Gasteiger partial charge in [-0.05, 0) is 11.5 Å². The highest BCUT2D eigenvalue weighted by Crippen LogP contribution is 2.17. The fourth-order valence-electron chi connectivity index (χ4n) is 2.25. The molecule has 1 aliphatic heterocycles. The first-order valence-electron chi connectivity index (χ1n) is 7.49. The number of hydrogen-bond donors (Lipinski definition) is 1. The number of nitrogens with zero attached hydrogens (tertiary/aromatic N) is 3. The number of hydrogen-bond acceptors (Lipinski definition) is 6. The van der Waals surface area contributed by atoms with Crippen LogP contribution in [0.1, 0.15) is 25.8 Å². The van der Waals surface area contributed by atoms with Gasteiger partial charge in [-0.1, -0.05) is 48.4 Å². The van der Waals surface area contributed by atoms with Crippen LogP contribution >= 0.6 is 0 Å². The van der Waals surface area contributed by atoms with Crippen molar-refractivity contribution in [1.82, 2.24) is 15.5 Å². The summed E-state index contributed by atoms with van der Waals surface area (Å²) in [4.78, 5) is 21.3. The number of amides is 1. The zero-order chi connectivity index (χ0) is 16.2. The van der Waals surface area contributed by atoms with Crippen molar-refractivity contribution in [2.24, 2.45) is 11.1 Å². The molecule has 0 saturated carbocycles. The smallest absolute Gasteiger partial charge is 0.264 e. The standard InChI is InChI=1S/C16H18N4O3/c1-10(2)13-7-14(23-19-13)16(21)17-8-11-3-5-12(6-4-11)15-18-9-22-20-15/h3-6,9-10,14H,7-8H2,1-2H3,(H,17,21)/t14-/m1/s1. The van der Waals surface area contributed by atoms with Crippen LogP contribution in [0.15, 0.2) is 40.3 Å². The summed E-state index contributed by atoms with van der Waals surface area (Å²) < 4.78 is 4.72. The molecule has 0 fully saturated rings. The Balaban J connectivity index is 1.52. The third-order valence-electron chi connectivity index (χ3n) is 3.69. The second-order valence-electron chi connectivity index (χ2n) is 5.71. The number of nitrogens with one attached hydrogen (secondary N) is 1. The van der Waals surface area contributed by atoms with Crippen LogP contribution < -0.4 is 5.32 Å². The number of benzene rings is 1. The summed E-state index contributed by atoms with van der Waals surface area (Å²) in [6, 6.07) is 7.60. The van der Waals surface area contributed by atoms with E-state index in [0.29, 0.717) is 24.7 Å². The molecule has 1 aromatic heterocycles. The van der Waals surface area contributed by atoms with Gasteiger partial charge in [0.25, 0.3) is 5.91 Å². The fraction of sp³-hybridized carbons (Fsp3) is 0.375. The predicted molar refractivity (Wildman–Crippen MR) is 83.3 cm³/mol. The van der Waals surface area contributed by atoms with Crippen LogP contribution in [-0.2, 0) is 16.2 Å². The maximum atomic E-state index is 12.1. The van der Waals surface area contributed by atoms with Crippen molar-refractivity contribution in [3.63, 3.8) is 0 Å². The van der Waals surface area contributed by atoms with E-state index in [0.717, 1.165) is 16.8 Å². The molecule has 1 aliphatic rings. The van der Waals surface area contributed by atoms with Crippen LogP contribution in [0.25, 0.3) is 11.4 Å². The van der Waals surface area contributed by atoms with Gasteiger partial charge in [-0.2, -0.15) is 4.98 Å². The molecule has 2 heterocycles. The summed E-state index contributed by atoms with van der Waals surface area (Å²) in [6.07, 6.45) is 1.32. The van der Waals surface area contributed by atoms with Crippen molar-refractivity contribution < 1.29 is 14.2 Å². The van der Waals surface area contributed by atoms with Gasteiger partial charge in [-0.25, -0.2) is 0 Å². The lowest BCUT2D eigenvalue weighted by Gasteiger charge is -2.10. The summed E-state index contributed by atoms with van der Waals surface area (Å²) in [7, 11) is 0. The highest BCUT2D eigenvalue weighted by Gasteiger charge is 2.28. The zero-order valence-electron chi connectivity index (χ0n) is 13.0. The first kappa shape index (κ1) is 15.2. The summed E-state index contributed by atoms with van der Waals surface area (Å²) in [6.45, 7) is 4.50. The first-order chi connectivity index (χ1) is 11.1. The van der Waals surface area contributed by atoms with Gasteiger partial charge in [0.1, 0.15) is 0 Å². The van der Waals surface area contributed by atoms with Gasteiger partial charge in [-0.15, -0.1) is 0 Å². The van der Waals surface area contributed by atoms with Gasteiger partial charge in [-0.3, -0.25) is 4.79 Å². The lowest BCUT2D eigenvalue weighted by molar-refractivity contribution is -0.131. The van der Waals surface area contributed by atoms with Crippen molar-refractivity contribution in [1.29, 1.82) is 0 Å². The molecule has 0 spiro atoms. The molecule has 23 heavy (non-hydrogen) atoms. The molecule has 1 N–H and O–H groups in total. The number of carbonyl (C=O) groups excluding carboxylic acids is 1. The third kappa shape index (κ3) is 3.56. The van der Waals surface area contributed by atoms with E-state index in [1.807, 2.05) is 38.1 Å². The van der Waals surface area contributed by atoms with Crippen molar-refractivity contribution >= 4 is 11.6 Å². The molecule has 0 aliphatic carbocycles. The molecule has 120 valence electrons. The van der Waals surface area contributed by atoms with Gasteiger partial charge < -0.3 is 14.7 Å². The van der Waals surface area contributed by atoms with Gasteiger partial charge in [0.2, 0.25) is 18.3 Å². The van der Waals surface area contributed by atoms with Crippen LogP contribution in [0, 0.1) is 5.92 Å². The molecule has 0 unspecified atom stereocenters. The van der Waals surface area contributed by atoms with Crippen LogP contribution in [0.4, 0.5) is 0 Å². The molecule has 7 heteroatoms. The normalized spacial score (nSPS) is 17.0. The first-order valence-corrected chi connectivity index (χ1v) is 7.49. The van der Waals surface area contributed by atoms with Crippen LogP contribution in [0.2, 0.25) is 0 Å². The lowest BCUT2D eigenvalue weighted by atomic mass is 10.0. The van der Waals surface area contributed by atoms with Gasteiger partial charge in [0.05, 0.1) is 5.71 Å². The summed E-state index contributed by atoms with van der Waals surface area (Å²) in [5.74, 6) is 0.690. The average molecular weight is 314 g/mol. The highest BCUT2D eigenvalue weighted by atomic mass is 16.6. The average Bonchev–Trinajstić information content (AvgIpc) is 3.24. The SMILES string of the molecule is CC(C)C1=NO[C@@H](C(=O)NCc2ccc(-c3ncon3)cc2)C1. The lowest BCUT2D eigenvalue weighted by Crippen LogP contribution is -2.34. The van der Waals surface area contributed by atoms with Crippen LogP contribution in [-0.4, -0.2) is 27.9 Å². The minimum Gasteiger partial charge on any atom is -0.382 e. The molecule has 0 saturated heterocycles. The van der Waals surface area contributed by atoms with Crippen molar-refractivity contribution in [2.75, 3.05) is 0 Å². The zero-order valence-corrected chi connectivity index (χ0v) is 13.0. The number of aromatic nitrogens is 2. The van der Waals surface area contributed by atoms with E-state index in [4.69, 9.17) is 9.36 Å². The Kier molecular flexibility index (Phi) is 4.36. The largest absolute Gasteiger partial charge is 0.382 e. The summed E-state index contributed by atoms with van der Waals surface area (Å²) >= 11 is 0. The van der Waals surface area contributed by atoms with Crippen LogP contribution in [0.5, 0.6) is 0 Å². The molecule has 1 amide bonds. The molecule has 3 rings (SSSR count). The molecule has 1 aromatic carbocycles. The van der Waals surface area contributed by atoms with E-state index in [9.17, 15) is 4.79 Å². The van der Waals surface area contributed by atoms with E-state index >= 15 is 0 Å². The van der Waals surface area contributed by atoms with Crippen molar-refractivity contribution in [2.45, 2.75) is 32.9 Å². The van der Waals surface area contributed by atoms with Gasteiger partial charge in [0.15, 0.2) is 0 Å². The molecule has 1 atom stereocenters. The van der Waals surface area contributed by atoms with E-state index in [2.05, 4.69) is 20.6 Å². The van der Waals surface area contributed by atoms with E-state index < -0.39 is 6.10 Å². The number of rotatable bonds is 5. The molecular formula is C16H18N4O3. The summed E-state index contributed by atoms with van der Waals surface area (Å²) in [5, 5.41) is 10.6. The Hall–Kier alpha value is -2.70.